The maximum absolute atomic E-state index is 11.7. The summed E-state index contributed by atoms with van der Waals surface area (Å²) in [5.74, 6) is -0.0496. The summed E-state index contributed by atoms with van der Waals surface area (Å²) in [5.41, 5.74) is 0. The molecule has 1 heterocycles. The predicted octanol–water partition coefficient (Wildman–Crippen LogP) is 0.971. The fraction of sp³-hybridized carbons (Fsp3) is 0.846. The highest BCUT2D eigenvalue weighted by Gasteiger charge is 2.19. The van der Waals surface area contributed by atoms with Crippen molar-refractivity contribution in [3.8, 4) is 0 Å². The van der Waals surface area contributed by atoms with E-state index in [2.05, 4.69) is 22.9 Å². The summed E-state index contributed by atoms with van der Waals surface area (Å²) in [6, 6.07) is 0.712. The van der Waals surface area contributed by atoms with Crippen LogP contribution in [-0.4, -0.2) is 37.0 Å². The molecule has 1 fully saturated rings. The van der Waals surface area contributed by atoms with Gasteiger partial charge in [0.2, 0.25) is 11.8 Å². The number of nitrogens with one attached hydrogen (secondary N) is 3. The van der Waals surface area contributed by atoms with Crippen molar-refractivity contribution < 1.29 is 9.59 Å². The van der Waals surface area contributed by atoms with Crippen molar-refractivity contribution in [2.24, 2.45) is 0 Å². The predicted molar refractivity (Wildman–Crippen MR) is 78.4 cm³/mol. The lowest BCUT2D eigenvalue weighted by Gasteiger charge is -2.28. The van der Waals surface area contributed by atoms with Gasteiger partial charge in [0.25, 0.3) is 0 Å². The van der Waals surface area contributed by atoms with Crippen molar-refractivity contribution >= 4 is 24.2 Å². The van der Waals surface area contributed by atoms with Crippen LogP contribution >= 0.6 is 12.4 Å². The summed E-state index contributed by atoms with van der Waals surface area (Å²) < 4.78 is 0. The van der Waals surface area contributed by atoms with Gasteiger partial charge in [-0.3, -0.25) is 9.59 Å². The van der Waals surface area contributed by atoms with Gasteiger partial charge in [0.15, 0.2) is 0 Å². The first-order valence-electron chi connectivity index (χ1n) is 6.91. The average Bonchev–Trinajstić information content (AvgIpc) is 2.34. The van der Waals surface area contributed by atoms with Gasteiger partial charge in [-0.15, -0.1) is 12.4 Å². The molecule has 1 saturated heterocycles. The Bertz CT molecular complexity index is 287. The van der Waals surface area contributed by atoms with Gasteiger partial charge in [0.05, 0.1) is 0 Å². The highest BCUT2D eigenvalue weighted by molar-refractivity contribution is 5.85. The van der Waals surface area contributed by atoms with Crippen LogP contribution < -0.4 is 16.0 Å². The Labute approximate surface area is 121 Å². The Balaban J connectivity index is 0.00000324. The third kappa shape index (κ3) is 8.06. The molecule has 0 radical (unpaired) electrons. The first kappa shape index (κ1) is 18.2. The minimum atomic E-state index is -0.0364. The number of amides is 2. The van der Waals surface area contributed by atoms with Crippen LogP contribution in [-0.2, 0) is 9.59 Å². The molecule has 19 heavy (non-hydrogen) atoms. The molecule has 0 aromatic rings. The Morgan fingerprint density at radius 2 is 1.95 bits per heavy atom. The van der Waals surface area contributed by atoms with Gasteiger partial charge in [-0.1, -0.05) is 6.92 Å². The third-order valence-corrected chi connectivity index (χ3v) is 3.14. The van der Waals surface area contributed by atoms with Crippen LogP contribution in [0.4, 0.5) is 0 Å². The number of rotatable bonds is 6. The highest BCUT2D eigenvalue weighted by atomic mass is 35.5. The van der Waals surface area contributed by atoms with E-state index in [4.69, 9.17) is 0 Å². The van der Waals surface area contributed by atoms with E-state index in [1.807, 2.05) is 6.92 Å². The molecular weight excluding hydrogens is 266 g/mol. The van der Waals surface area contributed by atoms with Crippen LogP contribution in [0.15, 0.2) is 0 Å². The molecule has 1 rings (SSSR count). The first-order valence-corrected chi connectivity index (χ1v) is 6.91. The number of halogens is 1. The Morgan fingerprint density at radius 1 is 1.26 bits per heavy atom. The van der Waals surface area contributed by atoms with E-state index in [-0.39, 0.29) is 43.1 Å². The van der Waals surface area contributed by atoms with Crippen molar-refractivity contribution in [2.45, 2.75) is 58.0 Å². The Hall–Kier alpha value is -0.810. The van der Waals surface area contributed by atoms with E-state index in [0.29, 0.717) is 12.6 Å². The van der Waals surface area contributed by atoms with E-state index in [9.17, 15) is 9.59 Å². The van der Waals surface area contributed by atoms with Crippen molar-refractivity contribution in [1.29, 1.82) is 0 Å². The Kier molecular flexibility index (Phi) is 9.61. The number of hydrogen-bond donors (Lipinski definition) is 3. The molecule has 2 atom stereocenters. The van der Waals surface area contributed by atoms with Gasteiger partial charge in [0, 0.05) is 31.5 Å². The van der Waals surface area contributed by atoms with Crippen LogP contribution in [0, 0.1) is 0 Å². The van der Waals surface area contributed by atoms with Gasteiger partial charge in [-0.2, -0.15) is 0 Å². The van der Waals surface area contributed by atoms with Gasteiger partial charge in [-0.05, 0) is 32.7 Å². The minimum absolute atomic E-state index is 0. The van der Waals surface area contributed by atoms with E-state index >= 15 is 0 Å². The van der Waals surface area contributed by atoms with E-state index < -0.39 is 0 Å². The summed E-state index contributed by atoms with van der Waals surface area (Å²) in [5, 5.41) is 9.11. The molecule has 6 heteroatoms. The Morgan fingerprint density at radius 3 is 2.58 bits per heavy atom. The van der Waals surface area contributed by atoms with Crippen molar-refractivity contribution in [3.63, 3.8) is 0 Å². The third-order valence-electron chi connectivity index (χ3n) is 3.14. The quantitative estimate of drug-likeness (QED) is 0.683. The molecule has 0 aliphatic carbocycles. The molecule has 112 valence electrons. The minimum Gasteiger partial charge on any atom is -0.356 e. The average molecular weight is 292 g/mol. The monoisotopic (exact) mass is 291 g/mol. The second-order valence-corrected chi connectivity index (χ2v) is 4.99. The maximum atomic E-state index is 11.7. The number of piperidine rings is 1. The molecular formula is C13H26ClN3O2. The number of carbonyl (C=O) groups is 2. The van der Waals surface area contributed by atoms with Gasteiger partial charge >= 0.3 is 0 Å². The molecule has 2 amide bonds. The van der Waals surface area contributed by atoms with Crippen molar-refractivity contribution in [2.75, 3.05) is 13.1 Å². The maximum Gasteiger partial charge on any atom is 0.220 e. The summed E-state index contributed by atoms with van der Waals surface area (Å²) in [7, 11) is 0. The second-order valence-electron chi connectivity index (χ2n) is 4.99. The second kappa shape index (κ2) is 10.0. The number of hydrogen-bond acceptors (Lipinski definition) is 3. The van der Waals surface area contributed by atoms with E-state index in [1.54, 1.807) is 0 Å². The summed E-state index contributed by atoms with van der Waals surface area (Å²) in [4.78, 5) is 23.0. The van der Waals surface area contributed by atoms with Crippen LogP contribution in [0.2, 0.25) is 0 Å². The largest absolute Gasteiger partial charge is 0.356 e. The van der Waals surface area contributed by atoms with E-state index in [0.717, 1.165) is 25.8 Å². The van der Waals surface area contributed by atoms with Gasteiger partial charge < -0.3 is 16.0 Å². The first-order chi connectivity index (χ1) is 8.61. The summed E-state index contributed by atoms with van der Waals surface area (Å²) in [6.07, 6.45) is 3.43. The lowest BCUT2D eigenvalue weighted by molar-refractivity contribution is -0.126. The van der Waals surface area contributed by atoms with Gasteiger partial charge in [0.1, 0.15) is 0 Å². The van der Waals surface area contributed by atoms with Gasteiger partial charge in [-0.25, -0.2) is 0 Å². The van der Waals surface area contributed by atoms with Crippen LogP contribution in [0.25, 0.3) is 0 Å². The molecule has 0 bridgehead atoms. The fourth-order valence-electron chi connectivity index (χ4n) is 2.14. The molecule has 3 N–H and O–H groups in total. The standard InChI is InChI=1S/C13H25N3O2.ClH/c1-3-7-15-12(17)4-5-13(18)16-11-6-8-14-10(2)9-11;/h10-11,14H,3-9H2,1-2H3,(H,15,17)(H,16,18);1H. The summed E-state index contributed by atoms with van der Waals surface area (Å²) >= 11 is 0. The van der Waals surface area contributed by atoms with E-state index in [1.165, 1.54) is 0 Å². The lowest BCUT2D eigenvalue weighted by atomic mass is 10.0. The van der Waals surface area contributed by atoms with Crippen molar-refractivity contribution in [3.05, 3.63) is 0 Å². The zero-order valence-corrected chi connectivity index (χ0v) is 12.6. The normalized spacial score (nSPS) is 22.2. The smallest absolute Gasteiger partial charge is 0.220 e. The SMILES string of the molecule is CCCNC(=O)CCC(=O)NC1CCNC(C)C1.Cl. The molecule has 2 unspecified atom stereocenters. The van der Waals surface area contributed by atoms with Crippen LogP contribution in [0.3, 0.4) is 0 Å². The lowest BCUT2D eigenvalue weighted by Crippen LogP contribution is -2.46. The van der Waals surface area contributed by atoms with Crippen molar-refractivity contribution in [1.82, 2.24) is 16.0 Å². The zero-order valence-electron chi connectivity index (χ0n) is 11.8. The highest BCUT2D eigenvalue weighted by Crippen LogP contribution is 2.08. The molecule has 0 spiro atoms. The topological polar surface area (TPSA) is 70.2 Å². The molecule has 1 aliphatic rings. The number of carbonyl (C=O) groups excluding carboxylic acids is 2. The zero-order chi connectivity index (χ0) is 13.4. The molecule has 1 aliphatic heterocycles. The molecule has 0 saturated carbocycles. The molecule has 0 aromatic heterocycles. The molecule has 0 aromatic carbocycles. The summed E-state index contributed by atoms with van der Waals surface area (Å²) in [6.45, 7) is 5.76. The van der Waals surface area contributed by atoms with Crippen LogP contribution in [0.1, 0.15) is 46.0 Å². The van der Waals surface area contributed by atoms with Crippen LogP contribution in [0.5, 0.6) is 0 Å². The fourth-order valence-corrected chi connectivity index (χ4v) is 2.14. The molecule has 5 nitrogen and oxygen atoms in total.